The van der Waals surface area contributed by atoms with E-state index in [2.05, 4.69) is 6.58 Å². The monoisotopic (exact) mass is 242 g/mol. The summed E-state index contributed by atoms with van der Waals surface area (Å²) in [7, 11) is 0. The highest BCUT2D eigenvalue weighted by molar-refractivity contribution is 5.91. The van der Waals surface area contributed by atoms with Crippen LogP contribution in [0.25, 0.3) is 0 Å². The molecule has 0 saturated heterocycles. The molecular weight excluding hydrogens is 228 g/mol. The highest BCUT2D eigenvalue weighted by Crippen LogP contribution is 2.14. The van der Waals surface area contributed by atoms with Crippen molar-refractivity contribution in [3.63, 3.8) is 0 Å². The zero-order chi connectivity index (χ0) is 13.6. The Hall–Kier alpha value is -2.11. The predicted octanol–water partition coefficient (Wildman–Crippen LogP) is 1.03. The van der Waals surface area contributed by atoms with Crippen LogP contribution in [-0.2, 0) is 23.9 Å². The van der Waals surface area contributed by atoms with E-state index in [0.717, 1.165) is 6.08 Å². The average Bonchev–Trinajstić information content (AvgIpc) is 2.12. The lowest BCUT2D eigenvalue weighted by atomic mass is 10.3. The second-order valence-electron chi connectivity index (χ2n) is 3.66. The molecule has 6 nitrogen and oxygen atoms in total. The molecule has 0 heterocycles. The minimum atomic E-state index is -1.49. The summed E-state index contributed by atoms with van der Waals surface area (Å²) < 4.78 is 9.55. The van der Waals surface area contributed by atoms with E-state index in [1.807, 2.05) is 0 Å². The smallest absolute Gasteiger partial charge is 0.336 e. The van der Waals surface area contributed by atoms with Crippen LogP contribution in [0.15, 0.2) is 24.3 Å². The van der Waals surface area contributed by atoms with E-state index in [0.29, 0.717) is 6.08 Å². The van der Waals surface area contributed by atoms with Gasteiger partial charge in [-0.05, 0) is 6.92 Å². The second kappa shape index (κ2) is 5.83. The SMILES string of the molecule is C=C(C)C(=O)OC(C)(C)OC(=O)C=CC(=O)O. The van der Waals surface area contributed by atoms with Crippen molar-refractivity contribution in [1.29, 1.82) is 0 Å². The zero-order valence-corrected chi connectivity index (χ0v) is 9.85. The van der Waals surface area contributed by atoms with Crippen molar-refractivity contribution in [1.82, 2.24) is 0 Å². The molecule has 0 saturated carbocycles. The highest BCUT2D eigenvalue weighted by Gasteiger charge is 2.26. The molecule has 94 valence electrons. The van der Waals surface area contributed by atoms with Crippen molar-refractivity contribution in [3.8, 4) is 0 Å². The quantitative estimate of drug-likeness (QED) is 0.440. The fraction of sp³-hybridized carbons (Fsp3) is 0.364. The molecule has 17 heavy (non-hydrogen) atoms. The predicted molar refractivity (Wildman–Crippen MR) is 57.9 cm³/mol. The number of rotatable bonds is 5. The largest absolute Gasteiger partial charge is 0.478 e. The lowest BCUT2D eigenvalue weighted by molar-refractivity contribution is -0.210. The van der Waals surface area contributed by atoms with Crippen molar-refractivity contribution in [3.05, 3.63) is 24.3 Å². The Morgan fingerprint density at radius 2 is 1.71 bits per heavy atom. The molecular formula is C11H14O6. The van der Waals surface area contributed by atoms with Crippen molar-refractivity contribution in [2.24, 2.45) is 0 Å². The van der Waals surface area contributed by atoms with Crippen LogP contribution in [0.5, 0.6) is 0 Å². The summed E-state index contributed by atoms with van der Waals surface area (Å²) in [6.07, 6.45) is 1.34. The zero-order valence-electron chi connectivity index (χ0n) is 9.85. The van der Waals surface area contributed by atoms with Crippen molar-refractivity contribution >= 4 is 17.9 Å². The van der Waals surface area contributed by atoms with Gasteiger partial charge >= 0.3 is 17.9 Å². The maximum atomic E-state index is 11.2. The minimum absolute atomic E-state index is 0.162. The molecule has 0 aromatic heterocycles. The van der Waals surface area contributed by atoms with Crippen LogP contribution >= 0.6 is 0 Å². The number of carboxylic acid groups (broad SMARTS) is 1. The Morgan fingerprint density at radius 3 is 2.12 bits per heavy atom. The molecule has 0 atom stereocenters. The van der Waals surface area contributed by atoms with Crippen LogP contribution in [-0.4, -0.2) is 28.8 Å². The summed E-state index contributed by atoms with van der Waals surface area (Å²) >= 11 is 0. The van der Waals surface area contributed by atoms with Crippen molar-refractivity contribution in [2.75, 3.05) is 0 Å². The molecule has 1 N–H and O–H groups in total. The van der Waals surface area contributed by atoms with Gasteiger partial charge in [-0.3, -0.25) is 0 Å². The number of carbonyl (C=O) groups excluding carboxylic acids is 2. The van der Waals surface area contributed by atoms with E-state index < -0.39 is 23.7 Å². The molecule has 0 radical (unpaired) electrons. The lowest BCUT2D eigenvalue weighted by Gasteiger charge is -2.24. The number of carbonyl (C=O) groups is 3. The second-order valence-corrected chi connectivity index (χ2v) is 3.66. The van der Waals surface area contributed by atoms with Gasteiger partial charge in [-0.15, -0.1) is 0 Å². The molecule has 0 unspecified atom stereocenters. The van der Waals surface area contributed by atoms with Crippen LogP contribution in [0.1, 0.15) is 20.8 Å². The number of ether oxygens (including phenoxy) is 2. The van der Waals surface area contributed by atoms with Gasteiger partial charge in [-0.1, -0.05) is 6.58 Å². The van der Waals surface area contributed by atoms with Gasteiger partial charge in [-0.25, -0.2) is 14.4 Å². The first-order valence-electron chi connectivity index (χ1n) is 4.67. The Bertz CT molecular complexity index is 377. The van der Waals surface area contributed by atoms with Gasteiger partial charge in [0.25, 0.3) is 5.79 Å². The lowest BCUT2D eigenvalue weighted by Crippen LogP contribution is -2.33. The summed E-state index contributed by atoms with van der Waals surface area (Å²) in [5.74, 6) is -4.40. The van der Waals surface area contributed by atoms with Gasteiger partial charge in [-0.2, -0.15) is 0 Å². The molecule has 0 spiro atoms. The first-order chi connectivity index (χ1) is 7.64. The molecule has 0 aromatic rings. The Balaban J connectivity index is 4.44. The Kier molecular flexibility index (Phi) is 5.11. The molecule has 0 aliphatic heterocycles. The summed E-state index contributed by atoms with van der Waals surface area (Å²) in [6, 6.07) is 0. The van der Waals surface area contributed by atoms with Gasteiger partial charge in [0.1, 0.15) is 0 Å². The van der Waals surface area contributed by atoms with Crippen molar-refractivity contribution in [2.45, 2.75) is 26.6 Å². The van der Waals surface area contributed by atoms with Gasteiger partial charge in [0.2, 0.25) is 0 Å². The fourth-order valence-corrected chi connectivity index (χ4v) is 0.747. The standard InChI is InChI=1S/C11H14O6/c1-7(2)10(15)17-11(3,4)16-9(14)6-5-8(12)13/h5-6H,1H2,2-4H3,(H,12,13). The normalized spacial score (nSPS) is 11.0. The molecule has 0 fully saturated rings. The molecule has 0 aliphatic rings. The fourth-order valence-electron chi connectivity index (χ4n) is 0.747. The van der Waals surface area contributed by atoms with Crippen LogP contribution in [0.4, 0.5) is 0 Å². The molecule has 0 rings (SSSR count). The van der Waals surface area contributed by atoms with E-state index in [1.54, 1.807) is 0 Å². The first kappa shape index (κ1) is 14.9. The van der Waals surface area contributed by atoms with Gasteiger partial charge in [0.15, 0.2) is 0 Å². The van der Waals surface area contributed by atoms with Crippen LogP contribution < -0.4 is 0 Å². The summed E-state index contributed by atoms with van der Waals surface area (Å²) in [5, 5.41) is 8.29. The van der Waals surface area contributed by atoms with Gasteiger partial charge < -0.3 is 14.6 Å². The maximum Gasteiger partial charge on any atom is 0.336 e. The van der Waals surface area contributed by atoms with Crippen molar-refractivity contribution < 1.29 is 29.0 Å². The number of hydrogen-bond acceptors (Lipinski definition) is 5. The molecule has 0 aliphatic carbocycles. The van der Waals surface area contributed by atoms with E-state index in [4.69, 9.17) is 14.6 Å². The van der Waals surface area contributed by atoms with E-state index in [1.165, 1.54) is 20.8 Å². The average molecular weight is 242 g/mol. The minimum Gasteiger partial charge on any atom is -0.478 e. The summed E-state index contributed by atoms with van der Waals surface area (Å²) in [6.45, 7) is 7.52. The number of hydrogen-bond donors (Lipinski definition) is 1. The van der Waals surface area contributed by atoms with Gasteiger partial charge in [0.05, 0.1) is 0 Å². The van der Waals surface area contributed by atoms with E-state index in [9.17, 15) is 14.4 Å². The maximum absolute atomic E-state index is 11.2. The topological polar surface area (TPSA) is 89.9 Å². The highest BCUT2D eigenvalue weighted by atomic mass is 16.7. The van der Waals surface area contributed by atoms with E-state index >= 15 is 0 Å². The Labute approximate surface area is 98.5 Å². The summed E-state index contributed by atoms with van der Waals surface area (Å²) in [5.41, 5.74) is 0.162. The number of aliphatic carboxylic acids is 1. The third-order valence-corrected chi connectivity index (χ3v) is 1.40. The molecule has 0 aromatic carbocycles. The number of carboxylic acids is 1. The van der Waals surface area contributed by atoms with Crippen LogP contribution in [0.2, 0.25) is 0 Å². The number of esters is 2. The third-order valence-electron chi connectivity index (χ3n) is 1.40. The molecule has 6 heteroatoms. The molecule has 0 amide bonds. The Morgan fingerprint density at radius 1 is 1.18 bits per heavy atom. The summed E-state index contributed by atoms with van der Waals surface area (Å²) in [4.78, 5) is 32.5. The first-order valence-corrected chi connectivity index (χ1v) is 4.67. The third kappa shape index (κ3) is 6.88. The molecule has 0 bridgehead atoms. The van der Waals surface area contributed by atoms with Gasteiger partial charge in [0, 0.05) is 31.6 Å². The van der Waals surface area contributed by atoms with Crippen LogP contribution in [0.3, 0.4) is 0 Å². The van der Waals surface area contributed by atoms with Crippen LogP contribution in [0, 0.1) is 0 Å². The van der Waals surface area contributed by atoms with E-state index in [-0.39, 0.29) is 5.57 Å².